The van der Waals surface area contributed by atoms with Gasteiger partial charge >= 0.3 is 0 Å². The Kier molecular flexibility index (Phi) is 7.00. The van der Waals surface area contributed by atoms with Crippen molar-refractivity contribution < 1.29 is 18.8 Å². The first-order valence-corrected chi connectivity index (χ1v) is 10.4. The average molecular weight is 423 g/mol. The highest BCUT2D eigenvalue weighted by Gasteiger charge is 2.15. The fourth-order valence-electron chi connectivity index (χ4n) is 3.12. The first-order valence-electron chi connectivity index (χ1n) is 10.4. The number of hydrogen-bond donors (Lipinski definition) is 1. The molecular formula is C25H30N2O4. The van der Waals surface area contributed by atoms with E-state index in [1.54, 1.807) is 12.1 Å². The Labute approximate surface area is 183 Å². The van der Waals surface area contributed by atoms with Gasteiger partial charge in [-0.25, -0.2) is 0 Å². The molecule has 0 aliphatic heterocycles. The number of aryl methyl sites for hydroxylation is 2. The smallest absolute Gasteiger partial charge is 0.255 e. The molecule has 0 aliphatic rings. The Balaban J connectivity index is 1.52. The van der Waals surface area contributed by atoms with Gasteiger partial charge in [0.1, 0.15) is 30.5 Å². The minimum atomic E-state index is -0.207. The predicted molar refractivity (Wildman–Crippen MR) is 120 cm³/mol. The average Bonchev–Trinajstić information content (AvgIpc) is 3.07. The minimum Gasteiger partial charge on any atom is -0.492 e. The molecule has 3 aromatic rings. The zero-order valence-corrected chi connectivity index (χ0v) is 18.8. The van der Waals surface area contributed by atoms with Gasteiger partial charge in [-0.3, -0.25) is 4.79 Å². The van der Waals surface area contributed by atoms with Crippen molar-refractivity contribution in [1.29, 1.82) is 0 Å². The van der Waals surface area contributed by atoms with Gasteiger partial charge < -0.3 is 19.3 Å². The van der Waals surface area contributed by atoms with Crippen LogP contribution in [-0.2, 0) is 12.0 Å². The highest BCUT2D eigenvalue weighted by Crippen LogP contribution is 2.24. The maximum atomic E-state index is 12.6. The van der Waals surface area contributed by atoms with E-state index in [1.165, 1.54) is 5.56 Å². The number of ether oxygens (including phenoxy) is 2. The molecule has 0 unspecified atom stereocenters. The standard InChI is InChI=1S/C25H30N2O4/c1-17-22(18(2)31-27-17)16-30-23-9-7-6-8-21(23)24(28)26-14-15-29-20-12-10-19(11-13-20)25(3,4)5/h6-13H,14-16H2,1-5H3,(H,26,28). The zero-order chi connectivity index (χ0) is 22.4. The number of para-hydroxylation sites is 1. The van der Waals surface area contributed by atoms with Crippen LogP contribution >= 0.6 is 0 Å². The summed E-state index contributed by atoms with van der Waals surface area (Å²) < 4.78 is 16.8. The van der Waals surface area contributed by atoms with Crippen LogP contribution < -0.4 is 14.8 Å². The molecule has 0 aliphatic carbocycles. The monoisotopic (exact) mass is 422 g/mol. The fourth-order valence-corrected chi connectivity index (χ4v) is 3.12. The number of carbonyl (C=O) groups is 1. The lowest BCUT2D eigenvalue weighted by Crippen LogP contribution is -2.28. The zero-order valence-electron chi connectivity index (χ0n) is 18.8. The van der Waals surface area contributed by atoms with Crippen molar-refractivity contribution in [3.8, 4) is 11.5 Å². The van der Waals surface area contributed by atoms with Crippen LogP contribution in [0.25, 0.3) is 0 Å². The number of amides is 1. The summed E-state index contributed by atoms with van der Waals surface area (Å²) in [5.74, 6) is 1.80. The maximum absolute atomic E-state index is 12.6. The predicted octanol–water partition coefficient (Wildman–Crippen LogP) is 4.98. The van der Waals surface area contributed by atoms with E-state index >= 15 is 0 Å². The summed E-state index contributed by atoms with van der Waals surface area (Å²) >= 11 is 0. The number of nitrogens with one attached hydrogen (secondary N) is 1. The molecule has 1 amide bonds. The third-order valence-electron chi connectivity index (χ3n) is 5.06. The first-order chi connectivity index (χ1) is 14.8. The summed E-state index contributed by atoms with van der Waals surface area (Å²) in [5.41, 5.74) is 3.51. The Morgan fingerprint density at radius 1 is 1.03 bits per heavy atom. The van der Waals surface area contributed by atoms with E-state index in [0.717, 1.165) is 17.0 Å². The van der Waals surface area contributed by atoms with E-state index in [-0.39, 0.29) is 11.3 Å². The number of carbonyl (C=O) groups excluding carboxylic acids is 1. The Morgan fingerprint density at radius 3 is 2.39 bits per heavy atom. The van der Waals surface area contributed by atoms with Crippen LogP contribution in [-0.4, -0.2) is 24.2 Å². The topological polar surface area (TPSA) is 73.6 Å². The number of nitrogens with zero attached hydrogens (tertiary/aromatic N) is 1. The van der Waals surface area contributed by atoms with E-state index in [0.29, 0.717) is 36.8 Å². The third kappa shape index (κ3) is 5.87. The van der Waals surface area contributed by atoms with E-state index in [9.17, 15) is 4.79 Å². The minimum absolute atomic E-state index is 0.105. The van der Waals surface area contributed by atoms with Crippen molar-refractivity contribution in [3.05, 3.63) is 76.7 Å². The van der Waals surface area contributed by atoms with E-state index < -0.39 is 0 Å². The van der Waals surface area contributed by atoms with Gasteiger partial charge in [0.2, 0.25) is 0 Å². The molecule has 0 fully saturated rings. The first kappa shape index (κ1) is 22.4. The van der Waals surface area contributed by atoms with Crippen molar-refractivity contribution in [2.24, 2.45) is 0 Å². The molecule has 0 spiro atoms. The maximum Gasteiger partial charge on any atom is 0.255 e. The molecule has 1 aromatic heterocycles. The third-order valence-corrected chi connectivity index (χ3v) is 5.06. The second-order valence-corrected chi connectivity index (χ2v) is 8.47. The Hall–Kier alpha value is -3.28. The normalized spacial score (nSPS) is 11.3. The largest absolute Gasteiger partial charge is 0.492 e. The molecule has 6 heteroatoms. The highest BCUT2D eigenvalue weighted by atomic mass is 16.5. The Morgan fingerprint density at radius 2 is 1.74 bits per heavy atom. The molecule has 164 valence electrons. The lowest BCUT2D eigenvalue weighted by Gasteiger charge is -2.19. The van der Waals surface area contributed by atoms with Crippen molar-refractivity contribution in [2.75, 3.05) is 13.2 Å². The molecule has 0 atom stereocenters. The summed E-state index contributed by atoms with van der Waals surface area (Å²) in [5, 5.41) is 6.82. The number of rotatable bonds is 8. The fraction of sp³-hybridized carbons (Fsp3) is 0.360. The molecule has 3 rings (SSSR count). The van der Waals surface area contributed by atoms with Crippen LogP contribution in [0.1, 0.15) is 53.7 Å². The van der Waals surface area contributed by atoms with E-state index in [1.807, 2.05) is 38.1 Å². The second-order valence-electron chi connectivity index (χ2n) is 8.47. The van der Waals surface area contributed by atoms with Gasteiger partial charge in [-0.1, -0.05) is 50.2 Å². The summed E-state index contributed by atoms with van der Waals surface area (Å²) in [6.07, 6.45) is 0. The Bertz CT molecular complexity index is 997. The molecule has 6 nitrogen and oxygen atoms in total. The van der Waals surface area contributed by atoms with Crippen LogP contribution in [0.3, 0.4) is 0 Å². The van der Waals surface area contributed by atoms with Crippen molar-refractivity contribution in [2.45, 2.75) is 46.6 Å². The summed E-state index contributed by atoms with van der Waals surface area (Å²) in [7, 11) is 0. The number of hydrogen-bond acceptors (Lipinski definition) is 5. The quantitative estimate of drug-likeness (QED) is 0.519. The number of aromatic nitrogens is 1. The van der Waals surface area contributed by atoms with Crippen LogP contribution in [0.4, 0.5) is 0 Å². The SMILES string of the molecule is Cc1noc(C)c1COc1ccccc1C(=O)NCCOc1ccc(C(C)(C)C)cc1. The van der Waals surface area contributed by atoms with Crippen LogP contribution in [0.15, 0.2) is 53.1 Å². The van der Waals surface area contributed by atoms with Gasteiger partial charge in [0, 0.05) is 0 Å². The van der Waals surface area contributed by atoms with Crippen LogP contribution in [0, 0.1) is 13.8 Å². The molecular weight excluding hydrogens is 392 g/mol. The van der Waals surface area contributed by atoms with Gasteiger partial charge in [-0.05, 0) is 49.1 Å². The van der Waals surface area contributed by atoms with Crippen molar-refractivity contribution in [3.63, 3.8) is 0 Å². The molecule has 31 heavy (non-hydrogen) atoms. The molecule has 1 N–H and O–H groups in total. The summed E-state index contributed by atoms with van der Waals surface area (Å²) in [6.45, 7) is 11.3. The van der Waals surface area contributed by atoms with Gasteiger partial charge in [-0.2, -0.15) is 0 Å². The van der Waals surface area contributed by atoms with Crippen LogP contribution in [0.2, 0.25) is 0 Å². The molecule has 0 bridgehead atoms. The molecule has 1 heterocycles. The van der Waals surface area contributed by atoms with Gasteiger partial charge in [-0.15, -0.1) is 0 Å². The summed E-state index contributed by atoms with van der Waals surface area (Å²) in [6, 6.07) is 15.2. The van der Waals surface area contributed by atoms with Gasteiger partial charge in [0.05, 0.1) is 23.4 Å². The van der Waals surface area contributed by atoms with Crippen molar-refractivity contribution in [1.82, 2.24) is 10.5 Å². The van der Waals surface area contributed by atoms with E-state index in [2.05, 4.69) is 43.4 Å². The highest BCUT2D eigenvalue weighted by molar-refractivity contribution is 5.96. The van der Waals surface area contributed by atoms with Crippen molar-refractivity contribution >= 4 is 5.91 Å². The van der Waals surface area contributed by atoms with Gasteiger partial charge in [0.15, 0.2) is 0 Å². The molecule has 0 saturated heterocycles. The second kappa shape index (κ2) is 9.69. The molecule has 0 saturated carbocycles. The van der Waals surface area contributed by atoms with Crippen LogP contribution in [0.5, 0.6) is 11.5 Å². The molecule has 2 aromatic carbocycles. The summed E-state index contributed by atoms with van der Waals surface area (Å²) in [4.78, 5) is 12.6. The number of benzene rings is 2. The van der Waals surface area contributed by atoms with E-state index in [4.69, 9.17) is 14.0 Å². The van der Waals surface area contributed by atoms with Gasteiger partial charge in [0.25, 0.3) is 5.91 Å². The lowest BCUT2D eigenvalue weighted by atomic mass is 9.87. The molecule has 0 radical (unpaired) electrons. The lowest BCUT2D eigenvalue weighted by molar-refractivity contribution is 0.0942.